The quantitative estimate of drug-likeness (QED) is 0.507. The number of rotatable bonds is 1. The Morgan fingerprint density at radius 2 is 2.44 bits per heavy atom. The van der Waals surface area contributed by atoms with Gasteiger partial charge in [0.15, 0.2) is 0 Å². The second kappa shape index (κ2) is 1.48. The van der Waals surface area contributed by atoms with Crippen molar-refractivity contribution >= 4 is 5.97 Å². The molecule has 3 nitrogen and oxygen atoms in total. The van der Waals surface area contributed by atoms with Crippen LogP contribution in [0.5, 0.6) is 0 Å². The van der Waals surface area contributed by atoms with Crippen LogP contribution in [0.1, 0.15) is 6.42 Å². The molecule has 1 saturated carbocycles. The molecule has 2 aliphatic rings. The molecule has 1 aliphatic heterocycles. The monoisotopic (exact) mass is 127 g/mol. The third-order valence-corrected chi connectivity index (χ3v) is 2.27. The molecule has 0 bridgehead atoms. The molecule has 0 radical (unpaired) electrons. The molecular formula is C6H9NO2. The number of aliphatic carboxylic acids is 1. The first kappa shape index (κ1) is 5.23. The van der Waals surface area contributed by atoms with E-state index in [4.69, 9.17) is 5.11 Å². The molecule has 50 valence electrons. The van der Waals surface area contributed by atoms with Crippen LogP contribution in [0.4, 0.5) is 0 Å². The number of piperidine rings is 1. The second-order valence-electron chi connectivity index (χ2n) is 2.88. The molecule has 0 amide bonds. The van der Waals surface area contributed by atoms with Gasteiger partial charge in [-0.2, -0.15) is 0 Å². The molecule has 1 aliphatic carbocycles. The SMILES string of the molecule is O=C(O)[C@H]1NCC2C[C@@H]21. The molecule has 0 aromatic carbocycles. The first-order valence-electron chi connectivity index (χ1n) is 3.25. The normalized spacial score (nSPS) is 46.4. The average molecular weight is 127 g/mol. The predicted molar refractivity (Wildman–Crippen MR) is 31.0 cm³/mol. The minimum Gasteiger partial charge on any atom is -0.480 e. The third kappa shape index (κ3) is 0.645. The number of carboxylic acid groups (broad SMARTS) is 1. The summed E-state index contributed by atoms with van der Waals surface area (Å²) in [5.41, 5.74) is 0. The fourth-order valence-corrected chi connectivity index (χ4v) is 1.61. The van der Waals surface area contributed by atoms with Crippen LogP contribution in [0, 0.1) is 11.8 Å². The maximum atomic E-state index is 10.4. The highest BCUT2D eigenvalue weighted by Crippen LogP contribution is 2.44. The summed E-state index contributed by atoms with van der Waals surface area (Å²) in [4.78, 5) is 10.4. The van der Waals surface area contributed by atoms with Crippen LogP contribution < -0.4 is 5.32 Å². The van der Waals surface area contributed by atoms with Gasteiger partial charge in [0.05, 0.1) is 0 Å². The van der Waals surface area contributed by atoms with E-state index in [0.717, 1.165) is 13.0 Å². The van der Waals surface area contributed by atoms with E-state index >= 15 is 0 Å². The van der Waals surface area contributed by atoms with Crippen molar-refractivity contribution in [3.63, 3.8) is 0 Å². The van der Waals surface area contributed by atoms with Crippen molar-refractivity contribution in [1.82, 2.24) is 5.32 Å². The van der Waals surface area contributed by atoms with E-state index in [1.54, 1.807) is 0 Å². The van der Waals surface area contributed by atoms with Crippen molar-refractivity contribution in [1.29, 1.82) is 0 Å². The van der Waals surface area contributed by atoms with E-state index in [9.17, 15) is 4.79 Å². The van der Waals surface area contributed by atoms with Gasteiger partial charge in [-0.3, -0.25) is 4.79 Å². The first-order chi connectivity index (χ1) is 4.29. The summed E-state index contributed by atoms with van der Waals surface area (Å²) in [5, 5.41) is 11.5. The summed E-state index contributed by atoms with van der Waals surface area (Å²) in [5.74, 6) is 0.466. The molecule has 1 saturated heterocycles. The van der Waals surface area contributed by atoms with Gasteiger partial charge < -0.3 is 10.4 Å². The van der Waals surface area contributed by atoms with E-state index in [-0.39, 0.29) is 6.04 Å². The van der Waals surface area contributed by atoms with Crippen LogP contribution in [0.15, 0.2) is 0 Å². The van der Waals surface area contributed by atoms with Gasteiger partial charge in [-0.15, -0.1) is 0 Å². The van der Waals surface area contributed by atoms with Crippen molar-refractivity contribution in [2.75, 3.05) is 6.54 Å². The van der Waals surface area contributed by atoms with Gasteiger partial charge in [-0.25, -0.2) is 0 Å². The zero-order valence-corrected chi connectivity index (χ0v) is 5.00. The molecule has 2 fully saturated rings. The van der Waals surface area contributed by atoms with Crippen LogP contribution in [0.3, 0.4) is 0 Å². The van der Waals surface area contributed by atoms with Crippen molar-refractivity contribution in [3.05, 3.63) is 0 Å². The van der Waals surface area contributed by atoms with E-state index in [2.05, 4.69) is 5.32 Å². The summed E-state index contributed by atoms with van der Waals surface area (Å²) < 4.78 is 0. The van der Waals surface area contributed by atoms with Gasteiger partial charge in [0.1, 0.15) is 6.04 Å². The topological polar surface area (TPSA) is 49.3 Å². The van der Waals surface area contributed by atoms with Crippen molar-refractivity contribution in [3.8, 4) is 0 Å². The smallest absolute Gasteiger partial charge is 0.320 e. The summed E-state index contributed by atoms with van der Waals surface area (Å²) in [6.07, 6.45) is 1.13. The number of carbonyl (C=O) groups is 1. The zero-order valence-electron chi connectivity index (χ0n) is 5.00. The lowest BCUT2D eigenvalue weighted by atomic mass is 10.2. The second-order valence-corrected chi connectivity index (χ2v) is 2.88. The zero-order chi connectivity index (χ0) is 6.43. The Hall–Kier alpha value is -0.570. The molecule has 0 aromatic rings. The molecule has 3 atom stereocenters. The number of fused-ring (bicyclic) bond motifs is 1. The maximum absolute atomic E-state index is 10.4. The molecule has 3 heteroatoms. The predicted octanol–water partition coefficient (Wildman–Crippen LogP) is -0.321. The highest BCUT2D eigenvalue weighted by Gasteiger charge is 2.51. The molecule has 2 rings (SSSR count). The number of hydrogen-bond donors (Lipinski definition) is 2. The highest BCUT2D eigenvalue weighted by atomic mass is 16.4. The molecule has 9 heavy (non-hydrogen) atoms. The van der Waals surface area contributed by atoms with Crippen LogP contribution in [-0.2, 0) is 4.79 Å². The number of hydrogen-bond acceptors (Lipinski definition) is 2. The maximum Gasteiger partial charge on any atom is 0.320 e. The molecule has 1 heterocycles. The molecule has 1 unspecified atom stereocenters. The molecule has 0 aromatic heterocycles. The van der Waals surface area contributed by atoms with Gasteiger partial charge in [0.2, 0.25) is 0 Å². The van der Waals surface area contributed by atoms with E-state index in [1.165, 1.54) is 0 Å². The van der Waals surface area contributed by atoms with Gasteiger partial charge in [0, 0.05) is 0 Å². The van der Waals surface area contributed by atoms with Crippen molar-refractivity contribution in [2.24, 2.45) is 11.8 Å². The first-order valence-corrected chi connectivity index (χ1v) is 3.25. The highest BCUT2D eigenvalue weighted by molar-refractivity contribution is 5.75. The van der Waals surface area contributed by atoms with Gasteiger partial charge >= 0.3 is 5.97 Å². The molecule has 2 N–H and O–H groups in total. The molecular weight excluding hydrogens is 118 g/mol. The Balaban J connectivity index is 2.06. The van der Waals surface area contributed by atoms with Crippen LogP contribution in [-0.4, -0.2) is 23.7 Å². The van der Waals surface area contributed by atoms with Crippen LogP contribution >= 0.6 is 0 Å². The standard InChI is InChI=1S/C6H9NO2/c8-6(9)5-4-1-3(4)2-7-5/h3-5,7H,1-2H2,(H,8,9)/t3?,4-,5-/m0/s1. The van der Waals surface area contributed by atoms with E-state index in [1.807, 2.05) is 0 Å². The Labute approximate surface area is 53.1 Å². The van der Waals surface area contributed by atoms with Crippen molar-refractivity contribution in [2.45, 2.75) is 12.5 Å². The fraction of sp³-hybridized carbons (Fsp3) is 0.833. The fourth-order valence-electron chi connectivity index (χ4n) is 1.61. The Morgan fingerprint density at radius 3 is 2.67 bits per heavy atom. The number of nitrogens with one attached hydrogen (secondary N) is 1. The van der Waals surface area contributed by atoms with Crippen LogP contribution in [0.2, 0.25) is 0 Å². The minimum atomic E-state index is -0.681. The molecule has 0 spiro atoms. The Bertz CT molecular complexity index is 157. The number of carboxylic acids is 1. The lowest BCUT2D eigenvalue weighted by Gasteiger charge is -2.04. The third-order valence-electron chi connectivity index (χ3n) is 2.27. The summed E-state index contributed by atoms with van der Waals surface area (Å²) in [7, 11) is 0. The van der Waals surface area contributed by atoms with Crippen molar-refractivity contribution < 1.29 is 9.90 Å². The van der Waals surface area contributed by atoms with Crippen LogP contribution in [0.25, 0.3) is 0 Å². The lowest BCUT2D eigenvalue weighted by molar-refractivity contribution is -0.139. The Morgan fingerprint density at radius 1 is 1.67 bits per heavy atom. The summed E-state index contributed by atoms with van der Waals surface area (Å²) in [6, 6.07) is -0.227. The van der Waals surface area contributed by atoms with Gasteiger partial charge in [-0.1, -0.05) is 0 Å². The van der Waals surface area contributed by atoms with E-state index in [0.29, 0.717) is 11.8 Å². The van der Waals surface area contributed by atoms with Gasteiger partial charge in [-0.05, 0) is 24.8 Å². The minimum absolute atomic E-state index is 0.227. The Kier molecular flexibility index (Phi) is 0.858. The largest absolute Gasteiger partial charge is 0.480 e. The average Bonchev–Trinajstić information content (AvgIpc) is 2.43. The summed E-state index contributed by atoms with van der Waals surface area (Å²) in [6.45, 7) is 0.918. The lowest BCUT2D eigenvalue weighted by Crippen LogP contribution is -2.34. The van der Waals surface area contributed by atoms with E-state index < -0.39 is 5.97 Å². The van der Waals surface area contributed by atoms with Gasteiger partial charge in [0.25, 0.3) is 0 Å². The summed E-state index contributed by atoms with van der Waals surface area (Å²) >= 11 is 0.